The molecular weight excluding hydrogens is 242 g/mol. The van der Waals surface area contributed by atoms with Crippen molar-refractivity contribution in [1.82, 2.24) is 4.98 Å². The number of nitrogens with two attached hydrogens (primary N) is 1. The molecule has 5 nitrogen and oxygen atoms in total. The smallest absolute Gasteiger partial charge is 0.239 e. The first-order chi connectivity index (χ1) is 8.98. The van der Waals surface area contributed by atoms with Crippen LogP contribution in [0, 0.1) is 5.41 Å². The van der Waals surface area contributed by atoms with Gasteiger partial charge >= 0.3 is 0 Å². The molecule has 0 radical (unpaired) electrons. The third kappa shape index (κ3) is 2.61. The van der Waals surface area contributed by atoms with Crippen LogP contribution in [0.3, 0.4) is 0 Å². The highest BCUT2D eigenvalue weighted by molar-refractivity contribution is 5.54. The number of hydrogen-bond donors (Lipinski definition) is 2. The van der Waals surface area contributed by atoms with Gasteiger partial charge in [0.2, 0.25) is 5.88 Å². The molecule has 0 spiro atoms. The fourth-order valence-corrected chi connectivity index (χ4v) is 2.49. The van der Waals surface area contributed by atoms with Gasteiger partial charge in [0.15, 0.2) is 0 Å². The molecule has 1 aliphatic carbocycles. The summed E-state index contributed by atoms with van der Waals surface area (Å²) in [6.45, 7) is 6.87. The highest BCUT2D eigenvalue weighted by atomic mass is 16.5. The molecule has 0 amide bonds. The molecule has 0 aromatic carbocycles. The number of hydrogen-bond acceptors (Lipinski definition) is 5. The van der Waals surface area contributed by atoms with Gasteiger partial charge in [0, 0.05) is 18.6 Å². The number of nitrogen functional groups attached to an aromatic ring is 1. The molecule has 1 heterocycles. The summed E-state index contributed by atoms with van der Waals surface area (Å²) < 4.78 is 10.8. The largest absolute Gasteiger partial charge is 0.476 e. The molecule has 1 saturated carbocycles. The van der Waals surface area contributed by atoms with E-state index in [1.165, 1.54) is 0 Å². The minimum Gasteiger partial charge on any atom is -0.476 e. The molecule has 1 aliphatic rings. The summed E-state index contributed by atoms with van der Waals surface area (Å²) in [7, 11) is 1.76. The molecular formula is C14H23N3O2. The number of anilines is 2. The highest BCUT2D eigenvalue weighted by Crippen LogP contribution is 2.44. The molecule has 2 atom stereocenters. The van der Waals surface area contributed by atoms with Gasteiger partial charge in [-0.25, -0.2) is 0 Å². The normalized spacial score (nSPS) is 24.6. The van der Waals surface area contributed by atoms with Crippen molar-refractivity contribution in [3.8, 4) is 5.88 Å². The molecule has 19 heavy (non-hydrogen) atoms. The molecule has 0 bridgehead atoms. The van der Waals surface area contributed by atoms with Gasteiger partial charge in [0.1, 0.15) is 5.82 Å². The predicted octanol–water partition coefficient (Wildman–Crippen LogP) is 2.29. The summed E-state index contributed by atoms with van der Waals surface area (Å²) in [6, 6.07) is 4.05. The van der Waals surface area contributed by atoms with Crippen LogP contribution in [0.25, 0.3) is 0 Å². The summed E-state index contributed by atoms with van der Waals surface area (Å²) in [5, 5.41) is 3.43. The standard InChI is InChI=1S/C14H23N3O2/c1-5-19-13-9(15)6-7-12(17-13)16-10-8-11(18-4)14(10,2)3/h6-7,10-11H,5,8,15H2,1-4H3,(H,16,17). The van der Waals surface area contributed by atoms with Crippen LogP contribution in [0.2, 0.25) is 0 Å². The zero-order valence-electron chi connectivity index (χ0n) is 12.1. The molecule has 1 fully saturated rings. The molecule has 1 aromatic rings. The van der Waals surface area contributed by atoms with Crippen LogP contribution in [0.1, 0.15) is 27.2 Å². The van der Waals surface area contributed by atoms with Gasteiger partial charge in [-0.2, -0.15) is 4.98 Å². The van der Waals surface area contributed by atoms with Crippen LogP contribution in [0.4, 0.5) is 11.5 Å². The average Bonchev–Trinajstić information content (AvgIpc) is 2.38. The van der Waals surface area contributed by atoms with E-state index in [9.17, 15) is 0 Å². The van der Waals surface area contributed by atoms with E-state index in [-0.39, 0.29) is 5.41 Å². The quantitative estimate of drug-likeness (QED) is 0.855. The van der Waals surface area contributed by atoms with E-state index in [1.54, 1.807) is 7.11 Å². The summed E-state index contributed by atoms with van der Waals surface area (Å²) in [6.07, 6.45) is 1.28. The predicted molar refractivity (Wildman–Crippen MR) is 76.4 cm³/mol. The number of rotatable bonds is 5. The fourth-order valence-electron chi connectivity index (χ4n) is 2.49. The van der Waals surface area contributed by atoms with E-state index in [0.29, 0.717) is 30.3 Å². The molecule has 0 saturated heterocycles. The van der Waals surface area contributed by atoms with Gasteiger partial charge < -0.3 is 20.5 Å². The second-order valence-electron chi connectivity index (χ2n) is 5.50. The monoisotopic (exact) mass is 265 g/mol. The molecule has 2 unspecified atom stereocenters. The zero-order valence-corrected chi connectivity index (χ0v) is 12.1. The van der Waals surface area contributed by atoms with E-state index in [4.69, 9.17) is 15.2 Å². The van der Waals surface area contributed by atoms with Crippen molar-refractivity contribution in [2.75, 3.05) is 24.8 Å². The van der Waals surface area contributed by atoms with Crippen molar-refractivity contribution in [2.24, 2.45) is 5.41 Å². The van der Waals surface area contributed by atoms with Crippen LogP contribution in [-0.2, 0) is 4.74 Å². The molecule has 106 valence electrons. The summed E-state index contributed by atoms with van der Waals surface area (Å²) >= 11 is 0. The topological polar surface area (TPSA) is 69.4 Å². The lowest BCUT2D eigenvalue weighted by Crippen LogP contribution is -2.57. The first-order valence-electron chi connectivity index (χ1n) is 6.67. The van der Waals surface area contributed by atoms with E-state index in [2.05, 4.69) is 24.1 Å². The van der Waals surface area contributed by atoms with Gasteiger partial charge in [-0.1, -0.05) is 13.8 Å². The molecule has 1 aromatic heterocycles. The van der Waals surface area contributed by atoms with Crippen LogP contribution < -0.4 is 15.8 Å². The fraction of sp³-hybridized carbons (Fsp3) is 0.643. The van der Waals surface area contributed by atoms with E-state index in [1.807, 2.05) is 19.1 Å². The Hall–Kier alpha value is -1.49. The first kappa shape index (κ1) is 13.9. The molecule has 0 aliphatic heterocycles. The van der Waals surface area contributed by atoms with Crippen LogP contribution in [0.15, 0.2) is 12.1 Å². The third-order valence-corrected chi connectivity index (χ3v) is 3.96. The third-order valence-electron chi connectivity index (χ3n) is 3.96. The lowest BCUT2D eigenvalue weighted by molar-refractivity contribution is -0.0795. The van der Waals surface area contributed by atoms with Crippen molar-refractivity contribution in [3.05, 3.63) is 12.1 Å². The number of nitrogens with one attached hydrogen (secondary N) is 1. The van der Waals surface area contributed by atoms with Gasteiger partial charge in [0.25, 0.3) is 0 Å². The Morgan fingerprint density at radius 2 is 2.21 bits per heavy atom. The first-order valence-corrected chi connectivity index (χ1v) is 6.67. The van der Waals surface area contributed by atoms with Crippen molar-refractivity contribution < 1.29 is 9.47 Å². The van der Waals surface area contributed by atoms with Gasteiger partial charge in [-0.15, -0.1) is 0 Å². The van der Waals surface area contributed by atoms with E-state index in [0.717, 1.165) is 12.2 Å². The summed E-state index contributed by atoms with van der Waals surface area (Å²) in [5.74, 6) is 1.29. The van der Waals surface area contributed by atoms with E-state index >= 15 is 0 Å². The number of ether oxygens (including phenoxy) is 2. The Kier molecular flexibility index (Phi) is 3.85. The van der Waals surface area contributed by atoms with Crippen molar-refractivity contribution in [3.63, 3.8) is 0 Å². The number of aromatic nitrogens is 1. The summed E-state index contributed by atoms with van der Waals surface area (Å²) in [4.78, 5) is 4.40. The Morgan fingerprint density at radius 3 is 2.79 bits per heavy atom. The second kappa shape index (κ2) is 5.25. The van der Waals surface area contributed by atoms with Gasteiger partial charge in [0.05, 0.1) is 18.4 Å². The van der Waals surface area contributed by atoms with Crippen molar-refractivity contribution >= 4 is 11.5 Å². The maximum atomic E-state index is 5.81. The van der Waals surface area contributed by atoms with E-state index < -0.39 is 0 Å². The zero-order chi connectivity index (χ0) is 14.0. The Bertz CT molecular complexity index is 448. The lowest BCUT2D eigenvalue weighted by Gasteiger charge is -2.51. The number of pyridine rings is 1. The van der Waals surface area contributed by atoms with Crippen molar-refractivity contribution in [2.45, 2.75) is 39.3 Å². The molecule has 2 rings (SSSR count). The Morgan fingerprint density at radius 1 is 1.47 bits per heavy atom. The maximum absolute atomic E-state index is 5.81. The lowest BCUT2D eigenvalue weighted by atomic mass is 9.64. The molecule has 5 heteroatoms. The average molecular weight is 265 g/mol. The minimum atomic E-state index is 0.101. The van der Waals surface area contributed by atoms with Crippen LogP contribution in [0.5, 0.6) is 5.88 Å². The highest BCUT2D eigenvalue weighted by Gasteiger charge is 2.48. The Labute approximate surface area is 114 Å². The maximum Gasteiger partial charge on any atom is 0.239 e. The number of nitrogens with zero attached hydrogens (tertiary/aromatic N) is 1. The van der Waals surface area contributed by atoms with Crippen LogP contribution >= 0.6 is 0 Å². The van der Waals surface area contributed by atoms with Crippen LogP contribution in [-0.4, -0.2) is 30.8 Å². The van der Waals surface area contributed by atoms with Gasteiger partial charge in [-0.05, 0) is 25.5 Å². The van der Waals surface area contributed by atoms with Crippen molar-refractivity contribution in [1.29, 1.82) is 0 Å². The summed E-state index contributed by atoms with van der Waals surface area (Å²) in [5.41, 5.74) is 6.48. The second-order valence-corrected chi connectivity index (χ2v) is 5.50. The Balaban J connectivity index is 2.06. The minimum absolute atomic E-state index is 0.101. The van der Waals surface area contributed by atoms with Gasteiger partial charge in [-0.3, -0.25) is 0 Å². The molecule has 3 N–H and O–H groups in total. The number of methoxy groups -OCH3 is 1. The SMILES string of the molecule is CCOc1nc(NC2CC(OC)C2(C)C)ccc1N.